The predicted octanol–water partition coefficient (Wildman–Crippen LogP) is 2.57. The van der Waals surface area contributed by atoms with E-state index in [2.05, 4.69) is 10.1 Å². The molecular weight excluding hydrogens is 216 g/mol. The summed E-state index contributed by atoms with van der Waals surface area (Å²) in [6, 6.07) is 2.00. The van der Waals surface area contributed by atoms with E-state index in [0.717, 1.165) is 23.3 Å². The fourth-order valence-electron chi connectivity index (χ4n) is 1.28. The monoisotopic (exact) mass is 230 g/mol. The normalized spacial score (nSPS) is 19.1. The lowest BCUT2D eigenvalue weighted by Gasteiger charge is -2.22. The Morgan fingerprint density at radius 2 is 2.07 bits per heavy atom. The van der Waals surface area contributed by atoms with E-state index in [4.69, 9.17) is 4.52 Å². The van der Waals surface area contributed by atoms with Crippen LogP contribution in [0.4, 0.5) is 5.82 Å². The van der Waals surface area contributed by atoms with Gasteiger partial charge in [0.05, 0.1) is 11.8 Å². The number of anilines is 1. The average molecular weight is 230 g/mol. The van der Waals surface area contributed by atoms with E-state index in [0.29, 0.717) is 0 Å². The van der Waals surface area contributed by atoms with Gasteiger partial charge in [-0.05, 0) is 24.9 Å². The van der Waals surface area contributed by atoms with Gasteiger partial charge in [0.1, 0.15) is 5.76 Å². The zero-order chi connectivity index (χ0) is 9.80. The number of rotatable bonds is 1. The third-order valence-electron chi connectivity index (χ3n) is 2.01. The third kappa shape index (κ3) is 2.60. The molecule has 0 aromatic carbocycles. The van der Waals surface area contributed by atoms with Crippen molar-refractivity contribution in [3.63, 3.8) is 0 Å². The molecule has 5 heteroatoms. The van der Waals surface area contributed by atoms with Crippen LogP contribution in [-0.4, -0.2) is 28.4 Å². The van der Waals surface area contributed by atoms with Gasteiger partial charge in [-0.1, -0.05) is 5.16 Å². The van der Waals surface area contributed by atoms with Crippen molar-refractivity contribution >= 4 is 29.3 Å². The van der Waals surface area contributed by atoms with Crippen LogP contribution in [0.15, 0.2) is 10.6 Å². The molecule has 1 aliphatic rings. The molecule has 0 aliphatic carbocycles. The SMILES string of the molecule is Cc1cc(N2CSCCCSC2)no1. The Morgan fingerprint density at radius 1 is 1.36 bits per heavy atom. The summed E-state index contributed by atoms with van der Waals surface area (Å²) in [6.45, 7) is 1.93. The molecule has 0 unspecified atom stereocenters. The van der Waals surface area contributed by atoms with Crippen molar-refractivity contribution in [2.24, 2.45) is 0 Å². The highest BCUT2D eigenvalue weighted by molar-refractivity contribution is 8.00. The van der Waals surface area contributed by atoms with Crippen molar-refractivity contribution in [2.45, 2.75) is 13.3 Å². The fourth-order valence-corrected chi connectivity index (χ4v) is 3.43. The molecule has 0 saturated carbocycles. The molecule has 14 heavy (non-hydrogen) atoms. The molecule has 1 aromatic heterocycles. The minimum atomic E-state index is 0.886. The van der Waals surface area contributed by atoms with Crippen LogP contribution in [0.1, 0.15) is 12.2 Å². The van der Waals surface area contributed by atoms with Crippen molar-refractivity contribution in [2.75, 3.05) is 28.2 Å². The fraction of sp³-hybridized carbons (Fsp3) is 0.667. The zero-order valence-electron chi connectivity index (χ0n) is 8.23. The van der Waals surface area contributed by atoms with Crippen LogP contribution < -0.4 is 4.90 Å². The Kier molecular flexibility index (Phi) is 3.64. The lowest BCUT2D eigenvalue weighted by molar-refractivity contribution is 0.398. The highest BCUT2D eigenvalue weighted by Crippen LogP contribution is 2.22. The lowest BCUT2D eigenvalue weighted by Crippen LogP contribution is -2.24. The van der Waals surface area contributed by atoms with Crippen molar-refractivity contribution < 1.29 is 4.52 Å². The second-order valence-corrected chi connectivity index (χ2v) is 5.41. The Hall–Kier alpha value is -0.290. The van der Waals surface area contributed by atoms with Crippen molar-refractivity contribution in [3.8, 4) is 0 Å². The molecule has 0 spiro atoms. The van der Waals surface area contributed by atoms with Crippen LogP contribution in [0, 0.1) is 6.92 Å². The van der Waals surface area contributed by atoms with Gasteiger partial charge in [-0.15, -0.1) is 23.5 Å². The summed E-state index contributed by atoms with van der Waals surface area (Å²) in [5, 5.41) is 4.04. The highest BCUT2D eigenvalue weighted by Gasteiger charge is 2.12. The van der Waals surface area contributed by atoms with E-state index in [1.807, 2.05) is 36.5 Å². The summed E-state index contributed by atoms with van der Waals surface area (Å²) in [6.07, 6.45) is 1.32. The molecule has 1 aliphatic heterocycles. The van der Waals surface area contributed by atoms with Crippen LogP contribution in [0.25, 0.3) is 0 Å². The van der Waals surface area contributed by atoms with Gasteiger partial charge in [-0.3, -0.25) is 0 Å². The summed E-state index contributed by atoms with van der Waals surface area (Å²) >= 11 is 3.94. The Balaban J connectivity index is 2.00. The van der Waals surface area contributed by atoms with Gasteiger partial charge in [-0.25, -0.2) is 0 Å². The van der Waals surface area contributed by atoms with Gasteiger partial charge in [0.25, 0.3) is 0 Å². The second-order valence-electron chi connectivity index (χ2n) is 3.26. The topological polar surface area (TPSA) is 29.3 Å². The summed E-state index contributed by atoms with van der Waals surface area (Å²) in [5.74, 6) is 6.42. The van der Waals surface area contributed by atoms with Gasteiger partial charge >= 0.3 is 0 Å². The van der Waals surface area contributed by atoms with Gasteiger partial charge < -0.3 is 9.42 Å². The standard InChI is InChI=1S/C9H14N2OS2/c1-8-5-9(10-12-8)11-6-13-3-2-4-14-7-11/h5H,2-4,6-7H2,1H3. The second kappa shape index (κ2) is 4.98. The first kappa shape index (κ1) is 10.2. The summed E-state index contributed by atoms with van der Waals surface area (Å²) in [5.41, 5.74) is 0. The Labute approximate surface area is 92.6 Å². The molecule has 3 nitrogen and oxygen atoms in total. The molecule has 0 amide bonds. The zero-order valence-corrected chi connectivity index (χ0v) is 9.87. The molecule has 0 N–H and O–H groups in total. The van der Waals surface area contributed by atoms with Crippen LogP contribution in [0.2, 0.25) is 0 Å². The summed E-state index contributed by atoms with van der Waals surface area (Å²) < 4.78 is 5.08. The first-order chi connectivity index (χ1) is 6.86. The van der Waals surface area contributed by atoms with E-state index in [1.54, 1.807) is 0 Å². The minimum absolute atomic E-state index is 0.886. The number of nitrogens with zero attached hydrogens (tertiary/aromatic N) is 2. The van der Waals surface area contributed by atoms with Crippen LogP contribution >= 0.6 is 23.5 Å². The first-order valence-corrected chi connectivity index (χ1v) is 7.01. The molecule has 2 heterocycles. The van der Waals surface area contributed by atoms with Gasteiger partial charge in [0.15, 0.2) is 5.82 Å². The molecule has 78 valence electrons. The van der Waals surface area contributed by atoms with Crippen molar-refractivity contribution in [1.82, 2.24) is 5.16 Å². The van der Waals surface area contributed by atoms with E-state index in [9.17, 15) is 0 Å². The molecule has 1 aromatic rings. The van der Waals surface area contributed by atoms with Crippen molar-refractivity contribution in [3.05, 3.63) is 11.8 Å². The number of aromatic nitrogens is 1. The van der Waals surface area contributed by atoms with E-state index < -0.39 is 0 Å². The average Bonchev–Trinajstić information content (AvgIpc) is 2.51. The largest absolute Gasteiger partial charge is 0.360 e. The summed E-state index contributed by atoms with van der Waals surface area (Å²) in [7, 11) is 0. The number of hydrogen-bond donors (Lipinski definition) is 0. The van der Waals surface area contributed by atoms with Crippen LogP contribution in [0.3, 0.4) is 0 Å². The molecule has 0 bridgehead atoms. The number of aryl methyl sites for hydroxylation is 1. The van der Waals surface area contributed by atoms with Crippen LogP contribution in [-0.2, 0) is 0 Å². The molecular formula is C9H14N2OS2. The Bertz CT molecular complexity index is 282. The van der Waals surface area contributed by atoms with Gasteiger partial charge in [-0.2, -0.15) is 0 Å². The van der Waals surface area contributed by atoms with Crippen LogP contribution in [0.5, 0.6) is 0 Å². The quantitative estimate of drug-likeness (QED) is 0.739. The molecule has 1 saturated heterocycles. The maximum Gasteiger partial charge on any atom is 0.173 e. The van der Waals surface area contributed by atoms with E-state index >= 15 is 0 Å². The molecule has 0 radical (unpaired) electrons. The smallest absolute Gasteiger partial charge is 0.173 e. The molecule has 1 fully saturated rings. The molecule has 0 atom stereocenters. The Morgan fingerprint density at radius 3 is 2.64 bits per heavy atom. The maximum absolute atomic E-state index is 5.08. The van der Waals surface area contributed by atoms with E-state index in [1.165, 1.54) is 17.9 Å². The number of hydrogen-bond acceptors (Lipinski definition) is 5. The minimum Gasteiger partial charge on any atom is -0.360 e. The highest BCUT2D eigenvalue weighted by atomic mass is 32.2. The number of thioether (sulfide) groups is 2. The lowest BCUT2D eigenvalue weighted by atomic mass is 10.5. The van der Waals surface area contributed by atoms with Gasteiger partial charge in [0.2, 0.25) is 0 Å². The third-order valence-corrected chi connectivity index (χ3v) is 4.15. The van der Waals surface area contributed by atoms with E-state index in [-0.39, 0.29) is 0 Å². The summed E-state index contributed by atoms with van der Waals surface area (Å²) in [4.78, 5) is 2.27. The molecule has 2 rings (SSSR count). The maximum atomic E-state index is 5.08. The first-order valence-electron chi connectivity index (χ1n) is 4.70. The predicted molar refractivity (Wildman–Crippen MR) is 63.0 cm³/mol. The van der Waals surface area contributed by atoms with Crippen molar-refractivity contribution in [1.29, 1.82) is 0 Å². The van der Waals surface area contributed by atoms with Gasteiger partial charge in [0, 0.05) is 6.07 Å².